The van der Waals surface area contributed by atoms with Crippen molar-refractivity contribution in [3.8, 4) is 39.9 Å². The maximum Gasteiger partial charge on any atom is 0.238 e. The minimum Gasteiger partial charge on any atom is -0.456 e. The van der Waals surface area contributed by atoms with Crippen molar-refractivity contribution in [2.45, 2.75) is 19.3 Å². The van der Waals surface area contributed by atoms with Crippen molar-refractivity contribution in [1.29, 1.82) is 0 Å². The summed E-state index contributed by atoms with van der Waals surface area (Å²) >= 11 is 0. The quantitative estimate of drug-likeness (QED) is 0.190. The zero-order valence-electron chi connectivity index (χ0n) is 28.1. The van der Waals surface area contributed by atoms with Gasteiger partial charge in [-0.2, -0.15) is 9.97 Å². The fraction of sp³-hybridized carbons (Fsp3) is 0.0652. The minimum atomic E-state index is -0.284. The summed E-state index contributed by atoms with van der Waals surface area (Å²) in [5.74, 6) is 1.87. The standard InChI is InChI=1S/C46H30N4O/c1-46(2)36-26-28(22-23-30(36)33-24-25-40-41(42(33)46)35-17-7-10-21-39(35)51-40)43-47-44(34-18-11-13-27-12-3-4-14-29(27)34)49-45(48-43)50-37-19-8-5-15-31(37)32-16-6-9-20-38(32)50/h3-26H,1-2H3. The molecule has 0 saturated carbocycles. The van der Waals surface area contributed by atoms with E-state index in [1.165, 1.54) is 27.6 Å². The highest BCUT2D eigenvalue weighted by molar-refractivity contribution is 6.11. The van der Waals surface area contributed by atoms with Gasteiger partial charge in [0.15, 0.2) is 11.6 Å². The summed E-state index contributed by atoms with van der Waals surface area (Å²) in [7, 11) is 0. The molecule has 5 nitrogen and oxygen atoms in total. The van der Waals surface area contributed by atoms with Gasteiger partial charge in [-0.1, -0.05) is 129 Å². The van der Waals surface area contributed by atoms with E-state index in [4.69, 9.17) is 19.4 Å². The summed E-state index contributed by atoms with van der Waals surface area (Å²) < 4.78 is 8.51. The number of benzene rings is 7. The number of nitrogens with zero attached hydrogens (tertiary/aromatic N) is 4. The monoisotopic (exact) mass is 654 g/mol. The molecule has 0 aliphatic heterocycles. The van der Waals surface area contributed by atoms with Crippen LogP contribution in [-0.2, 0) is 5.41 Å². The zero-order valence-corrected chi connectivity index (χ0v) is 28.1. The van der Waals surface area contributed by atoms with E-state index in [1.807, 2.05) is 6.07 Å². The van der Waals surface area contributed by atoms with Crippen molar-refractivity contribution in [3.05, 3.63) is 157 Å². The second-order valence-electron chi connectivity index (χ2n) is 14.0. The first-order valence-corrected chi connectivity index (χ1v) is 17.4. The van der Waals surface area contributed by atoms with Crippen LogP contribution in [0.1, 0.15) is 25.0 Å². The minimum absolute atomic E-state index is 0.284. The Balaban J connectivity index is 1.17. The second-order valence-corrected chi connectivity index (χ2v) is 14.0. The van der Waals surface area contributed by atoms with Crippen molar-refractivity contribution >= 4 is 54.5 Å². The summed E-state index contributed by atoms with van der Waals surface area (Å²) in [4.78, 5) is 15.8. The van der Waals surface area contributed by atoms with Crippen LogP contribution >= 0.6 is 0 Å². The Morgan fingerprint density at radius 3 is 1.96 bits per heavy atom. The van der Waals surface area contributed by atoms with Crippen LogP contribution in [0.4, 0.5) is 0 Å². The molecule has 1 aliphatic carbocycles. The molecular weight excluding hydrogens is 625 g/mol. The fourth-order valence-electron chi connectivity index (χ4n) is 8.53. The topological polar surface area (TPSA) is 56.7 Å². The molecule has 0 N–H and O–H groups in total. The molecule has 1 aliphatic rings. The number of fused-ring (bicyclic) bond motifs is 11. The van der Waals surface area contributed by atoms with Crippen LogP contribution in [0.5, 0.6) is 0 Å². The van der Waals surface area contributed by atoms with E-state index in [0.29, 0.717) is 17.6 Å². The molecule has 0 spiro atoms. The van der Waals surface area contributed by atoms with Crippen LogP contribution in [0, 0.1) is 0 Å². The third-order valence-electron chi connectivity index (χ3n) is 10.8. The van der Waals surface area contributed by atoms with Crippen LogP contribution in [0.2, 0.25) is 0 Å². The average Bonchev–Trinajstić information content (AvgIpc) is 3.79. The summed E-state index contributed by atoms with van der Waals surface area (Å²) in [6.07, 6.45) is 0. The first-order valence-electron chi connectivity index (χ1n) is 17.4. The molecule has 5 heteroatoms. The van der Waals surface area contributed by atoms with Crippen molar-refractivity contribution in [2.75, 3.05) is 0 Å². The Morgan fingerprint density at radius 2 is 1.16 bits per heavy atom. The molecule has 0 fully saturated rings. The van der Waals surface area contributed by atoms with E-state index in [-0.39, 0.29) is 5.41 Å². The molecular formula is C46H30N4O. The van der Waals surface area contributed by atoms with Gasteiger partial charge in [0.1, 0.15) is 11.2 Å². The van der Waals surface area contributed by atoms with E-state index in [1.54, 1.807) is 0 Å². The van der Waals surface area contributed by atoms with Crippen molar-refractivity contribution in [2.24, 2.45) is 0 Å². The Kier molecular flexibility index (Phi) is 5.66. The van der Waals surface area contributed by atoms with Crippen LogP contribution in [0.15, 0.2) is 150 Å². The van der Waals surface area contributed by atoms with Gasteiger partial charge in [0, 0.05) is 38.1 Å². The van der Waals surface area contributed by atoms with Crippen LogP contribution in [0.3, 0.4) is 0 Å². The fourth-order valence-corrected chi connectivity index (χ4v) is 8.53. The third-order valence-corrected chi connectivity index (χ3v) is 10.8. The first kappa shape index (κ1) is 28.3. The lowest BCUT2D eigenvalue weighted by Crippen LogP contribution is -2.15. The average molecular weight is 655 g/mol. The number of hydrogen-bond acceptors (Lipinski definition) is 4. The smallest absolute Gasteiger partial charge is 0.238 e. The Hall–Kier alpha value is -6.59. The predicted molar refractivity (Wildman–Crippen MR) is 207 cm³/mol. The van der Waals surface area contributed by atoms with Gasteiger partial charge in [-0.15, -0.1) is 0 Å². The molecule has 51 heavy (non-hydrogen) atoms. The van der Waals surface area contributed by atoms with Gasteiger partial charge >= 0.3 is 0 Å². The second kappa shape index (κ2) is 10.2. The SMILES string of the molecule is CC1(C)c2cc(-c3nc(-c4cccc5ccccc45)nc(-n4c5ccccc5c5ccccc54)n3)ccc2-c2ccc3oc4ccccc4c3c21. The lowest BCUT2D eigenvalue weighted by molar-refractivity contribution is 0.657. The van der Waals surface area contributed by atoms with Gasteiger partial charge in [-0.3, -0.25) is 4.57 Å². The predicted octanol–water partition coefficient (Wildman–Crippen LogP) is 11.7. The van der Waals surface area contributed by atoms with Gasteiger partial charge in [-0.25, -0.2) is 4.98 Å². The highest BCUT2D eigenvalue weighted by Crippen LogP contribution is 2.53. The molecule has 0 unspecified atom stereocenters. The van der Waals surface area contributed by atoms with Crippen molar-refractivity contribution in [1.82, 2.24) is 19.5 Å². The van der Waals surface area contributed by atoms with Crippen LogP contribution in [0.25, 0.3) is 94.4 Å². The summed E-state index contributed by atoms with van der Waals surface area (Å²) in [6, 6.07) is 51.1. The normalized spacial score (nSPS) is 13.5. The van der Waals surface area contributed by atoms with Gasteiger partial charge < -0.3 is 4.42 Å². The van der Waals surface area contributed by atoms with Crippen LogP contribution in [-0.4, -0.2) is 19.5 Å². The molecule has 0 bridgehead atoms. The number of aromatic nitrogens is 4. The number of para-hydroxylation sites is 3. The maximum atomic E-state index is 6.33. The van der Waals surface area contributed by atoms with Crippen molar-refractivity contribution < 1.29 is 4.42 Å². The van der Waals surface area contributed by atoms with Gasteiger partial charge in [0.2, 0.25) is 5.95 Å². The Bertz CT molecular complexity index is 3020. The van der Waals surface area contributed by atoms with E-state index in [0.717, 1.165) is 60.3 Å². The van der Waals surface area contributed by atoms with E-state index < -0.39 is 0 Å². The number of hydrogen-bond donors (Lipinski definition) is 0. The third kappa shape index (κ3) is 3.94. The van der Waals surface area contributed by atoms with Crippen molar-refractivity contribution in [3.63, 3.8) is 0 Å². The molecule has 11 rings (SSSR count). The lowest BCUT2D eigenvalue weighted by atomic mass is 9.80. The molecule has 3 heterocycles. The number of furan rings is 1. The maximum absolute atomic E-state index is 6.33. The molecule has 0 atom stereocenters. The van der Waals surface area contributed by atoms with Gasteiger partial charge in [0.05, 0.1) is 11.0 Å². The van der Waals surface area contributed by atoms with Gasteiger partial charge in [-0.05, 0) is 63.4 Å². The molecule has 0 amide bonds. The Labute approximate surface area is 293 Å². The molecule has 0 saturated heterocycles. The largest absolute Gasteiger partial charge is 0.456 e. The summed E-state index contributed by atoms with van der Waals surface area (Å²) in [6.45, 7) is 4.64. The summed E-state index contributed by atoms with van der Waals surface area (Å²) in [5.41, 5.74) is 10.6. The Morgan fingerprint density at radius 1 is 0.510 bits per heavy atom. The molecule has 240 valence electrons. The highest BCUT2D eigenvalue weighted by Gasteiger charge is 2.38. The van der Waals surface area contributed by atoms with Gasteiger partial charge in [0.25, 0.3) is 0 Å². The molecule has 10 aromatic rings. The van der Waals surface area contributed by atoms with E-state index in [9.17, 15) is 0 Å². The first-order chi connectivity index (χ1) is 25.0. The molecule has 3 aromatic heterocycles. The zero-order chi connectivity index (χ0) is 33.8. The molecule has 7 aromatic carbocycles. The summed E-state index contributed by atoms with van der Waals surface area (Å²) in [5, 5.41) is 6.92. The van der Waals surface area contributed by atoms with E-state index >= 15 is 0 Å². The van der Waals surface area contributed by atoms with Crippen LogP contribution < -0.4 is 0 Å². The van der Waals surface area contributed by atoms with E-state index in [2.05, 4.69) is 158 Å². The highest BCUT2D eigenvalue weighted by atomic mass is 16.3. The number of rotatable bonds is 3. The molecule has 0 radical (unpaired) electrons. The lowest BCUT2D eigenvalue weighted by Gasteiger charge is -2.23.